The van der Waals surface area contributed by atoms with Crippen LogP contribution in [0.2, 0.25) is 0 Å². The maximum atomic E-state index is 10.5. The Morgan fingerprint density at radius 1 is 0.929 bits per heavy atom. The molecule has 0 radical (unpaired) electrons. The maximum Gasteiger partial charge on any atom is 0.0823 e. The minimum Gasteiger partial charge on any atom is -0.388 e. The average Bonchev–Trinajstić information content (AvgIpc) is 2.04. The van der Waals surface area contributed by atoms with Crippen LogP contribution in [0.1, 0.15) is 66.2 Å². The van der Waals surface area contributed by atoms with E-state index in [9.17, 15) is 5.11 Å². The molecule has 0 saturated heterocycles. The topological polar surface area (TPSA) is 46.2 Å². The van der Waals surface area contributed by atoms with Gasteiger partial charge in [0.05, 0.1) is 5.60 Å². The van der Waals surface area contributed by atoms with Crippen LogP contribution in [0.25, 0.3) is 0 Å². The van der Waals surface area contributed by atoms with Crippen LogP contribution in [0.4, 0.5) is 0 Å². The summed E-state index contributed by atoms with van der Waals surface area (Å²) in [4.78, 5) is 0. The SMILES string of the molecule is CCCC(C)(N)C(O)(CCC)CCC. The molecule has 0 aromatic rings. The Labute approximate surface area is 88.9 Å². The quantitative estimate of drug-likeness (QED) is 0.665. The van der Waals surface area contributed by atoms with Crippen molar-refractivity contribution in [2.45, 2.75) is 77.4 Å². The van der Waals surface area contributed by atoms with E-state index in [0.717, 1.165) is 38.5 Å². The zero-order valence-electron chi connectivity index (χ0n) is 10.3. The summed E-state index contributed by atoms with van der Waals surface area (Å²) in [6, 6.07) is 0. The lowest BCUT2D eigenvalue weighted by Crippen LogP contribution is -2.58. The van der Waals surface area contributed by atoms with Crippen LogP contribution in [0, 0.1) is 0 Å². The first kappa shape index (κ1) is 13.9. The largest absolute Gasteiger partial charge is 0.388 e. The minimum atomic E-state index is -0.674. The predicted molar refractivity (Wildman–Crippen MR) is 62.3 cm³/mol. The lowest BCUT2D eigenvalue weighted by Gasteiger charge is -2.43. The smallest absolute Gasteiger partial charge is 0.0823 e. The highest BCUT2D eigenvalue weighted by molar-refractivity contribution is 4.99. The average molecular weight is 201 g/mol. The first-order valence-corrected chi connectivity index (χ1v) is 5.94. The van der Waals surface area contributed by atoms with Gasteiger partial charge in [0.1, 0.15) is 0 Å². The summed E-state index contributed by atoms with van der Waals surface area (Å²) in [6.07, 6.45) is 5.54. The van der Waals surface area contributed by atoms with E-state index in [0.29, 0.717) is 0 Å². The molecule has 0 aliphatic rings. The van der Waals surface area contributed by atoms with Crippen molar-refractivity contribution in [3.63, 3.8) is 0 Å². The van der Waals surface area contributed by atoms with Crippen molar-refractivity contribution in [2.24, 2.45) is 5.73 Å². The molecule has 0 heterocycles. The molecule has 0 aromatic heterocycles. The second-order valence-corrected chi connectivity index (χ2v) is 4.70. The molecule has 0 amide bonds. The number of hydrogen-bond acceptors (Lipinski definition) is 2. The van der Waals surface area contributed by atoms with Gasteiger partial charge in [0.25, 0.3) is 0 Å². The fourth-order valence-corrected chi connectivity index (χ4v) is 2.28. The van der Waals surface area contributed by atoms with Gasteiger partial charge in [-0.2, -0.15) is 0 Å². The summed E-state index contributed by atoms with van der Waals surface area (Å²) in [6.45, 7) is 8.30. The van der Waals surface area contributed by atoms with Crippen molar-refractivity contribution >= 4 is 0 Å². The van der Waals surface area contributed by atoms with Crippen molar-refractivity contribution in [1.82, 2.24) is 0 Å². The Morgan fingerprint density at radius 3 is 1.57 bits per heavy atom. The van der Waals surface area contributed by atoms with E-state index in [-0.39, 0.29) is 0 Å². The molecule has 1 atom stereocenters. The summed E-state index contributed by atoms with van der Waals surface area (Å²) >= 11 is 0. The molecule has 14 heavy (non-hydrogen) atoms. The van der Waals surface area contributed by atoms with Gasteiger partial charge in [0, 0.05) is 5.54 Å². The van der Waals surface area contributed by atoms with Gasteiger partial charge in [-0.3, -0.25) is 0 Å². The van der Waals surface area contributed by atoms with Crippen LogP contribution in [-0.4, -0.2) is 16.2 Å². The fraction of sp³-hybridized carbons (Fsp3) is 1.00. The Morgan fingerprint density at radius 2 is 1.29 bits per heavy atom. The lowest BCUT2D eigenvalue weighted by molar-refractivity contribution is -0.0479. The van der Waals surface area contributed by atoms with Crippen molar-refractivity contribution in [3.05, 3.63) is 0 Å². The molecule has 0 fully saturated rings. The highest BCUT2D eigenvalue weighted by atomic mass is 16.3. The van der Waals surface area contributed by atoms with Gasteiger partial charge in [0.2, 0.25) is 0 Å². The van der Waals surface area contributed by atoms with Gasteiger partial charge in [0.15, 0.2) is 0 Å². The van der Waals surface area contributed by atoms with Crippen LogP contribution in [0.3, 0.4) is 0 Å². The number of hydrogen-bond donors (Lipinski definition) is 2. The zero-order chi connectivity index (χ0) is 11.2. The fourth-order valence-electron chi connectivity index (χ4n) is 2.28. The molecule has 86 valence electrons. The van der Waals surface area contributed by atoms with Gasteiger partial charge < -0.3 is 10.8 Å². The summed E-state index contributed by atoms with van der Waals surface area (Å²) in [5.74, 6) is 0. The molecule has 1 unspecified atom stereocenters. The monoisotopic (exact) mass is 201 g/mol. The third-order valence-electron chi connectivity index (χ3n) is 3.16. The van der Waals surface area contributed by atoms with Gasteiger partial charge in [-0.15, -0.1) is 0 Å². The molecular weight excluding hydrogens is 174 g/mol. The van der Waals surface area contributed by atoms with Crippen LogP contribution in [0.5, 0.6) is 0 Å². The molecule has 0 aromatic carbocycles. The van der Waals surface area contributed by atoms with Crippen LogP contribution in [-0.2, 0) is 0 Å². The van der Waals surface area contributed by atoms with E-state index in [4.69, 9.17) is 5.73 Å². The molecule has 0 aliphatic carbocycles. The van der Waals surface area contributed by atoms with Crippen LogP contribution >= 0.6 is 0 Å². The van der Waals surface area contributed by atoms with Crippen molar-refractivity contribution in [2.75, 3.05) is 0 Å². The first-order valence-electron chi connectivity index (χ1n) is 5.94. The molecule has 0 spiro atoms. The lowest BCUT2D eigenvalue weighted by atomic mass is 9.73. The summed E-state index contributed by atoms with van der Waals surface area (Å²) in [5.41, 5.74) is 5.12. The van der Waals surface area contributed by atoms with E-state index in [2.05, 4.69) is 20.8 Å². The van der Waals surface area contributed by atoms with Crippen molar-refractivity contribution in [1.29, 1.82) is 0 Å². The minimum absolute atomic E-state index is 0.437. The Bertz CT molecular complexity index is 148. The summed E-state index contributed by atoms with van der Waals surface area (Å²) in [5, 5.41) is 10.5. The highest BCUT2D eigenvalue weighted by Crippen LogP contribution is 2.33. The molecule has 2 heteroatoms. The van der Waals surface area contributed by atoms with Crippen molar-refractivity contribution < 1.29 is 5.11 Å². The molecule has 0 aliphatic heterocycles. The van der Waals surface area contributed by atoms with E-state index in [1.54, 1.807) is 0 Å². The zero-order valence-corrected chi connectivity index (χ0v) is 10.3. The van der Waals surface area contributed by atoms with E-state index in [1.165, 1.54) is 0 Å². The normalized spacial score (nSPS) is 16.7. The molecule has 2 nitrogen and oxygen atoms in total. The maximum absolute atomic E-state index is 10.5. The first-order chi connectivity index (χ1) is 6.43. The summed E-state index contributed by atoms with van der Waals surface area (Å²) in [7, 11) is 0. The second-order valence-electron chi connectivity index (χ2n) is 4.70. The Balaban J connectivity index is 4.59. The standard InChI is InChI=1S/C12H27NO/c1-5-8-11(4,13)12(14,9-6-2)10-7-3/h14H,5-10,13H2,1-4H3. The number of aliphatic hydroxyl groups is 1. The van der Waals surface area contributed by atoms with E-state index < -0.39 is 11.1 Å². The predicted octanol–water partition coefficient (Wildman–Crippen LogP) is 2.84. The number of rotatable bonds is 7. The van der Waals surface area contributed by atoms with Gasteiger partial charge in [-0.1, -0.05) is 40.0 Å². The number of nitrogens with two attached hydrogens (primary N) is 1. The molecular formula is C12H27NO. The van der Waals surface area contributed by atoms with Crippen LogP contribution in [0.15, 0.2) is 0 Å². The van der Waals surface area contributed by atoms with E-state index in [1.807, 2.05) is 6.92 Å². The Hall–Kier alpha value is -0.0800. The van der Waals surface area contributed by atoms with Crippen LogP contribution < -0.4 is 5.73 Å². The van der Waals surface area contributed by atoms with Gasteiger partial charge in [-0.25, -0.2) is 0 Å². The summed E-state index contributed by atoms with van der Waals surface area (Å²) < 4.78 is 0. The van der Waals surface area contributed by atoms with Gasteiger partial charge >= 0.3 is 0 Å². The van der Waals surface area contributed by atoms with E-state index >= 15 is 0 Å². The third-order valence-corrected chi connectivity index (χ3v) is 3.16. The Kier molecular flexibility index (Phi) is 5.68. The highest BCUT2D eigenvalue weighted by Gasteiger charge is 2.41. The molecule has 0 rings (SSSR count). The molecule has 3 N–H and O–H groups in total. The van der Waals surface area contributed by atoms with Gasteiger partial charge in [-0.05, 0) is 26.2 Å². The van der Waals surface area contributed by atoms with Crippen molar-refractivity contribution in [3.8, 4) is 0 Å². The second kappa shape index (κ2) is 5.72. The third kappa shape index (κ3) is 3.25. The molecule has 0 bridgehead atoms. The molecule has 0 saturated carbocycles.